The molecule has 8 heteroatoms. The van der Waals surface area contributed by atoms with E-state index in [4.69, 9.17) is 5.73 Å². The summed E-state index contributed by atoms with van der Waals surface area (Å²) in [5, 5.41) is 7.43. The molecule has 0 aromatic carbocycles. The van der Waals surface area contributed by atoms with Crippen molar-refractivity contribution in [1.29, 1.82) is 0 Å². The second-order valence-corrected chi connectivity index (χ2v) is 6.68. The number of carbonyl (C=O) groups is 1. The van der Waals surface area contributed by atoms with Crippen LogP contribution in [0.15, 0.2) is 11.7 Å². The van der Waals surface area contributed by atoms with Crippen LogP contribution in [0.2, 0.25) is 0 Å². The minimum atomic E-state index is -0.578. The van der Waals surface area contributed by atoms with Gasteiger partial charge in [0, 0.05) is 24.9 Å². The maximum absolute atomic E-state index is 11.1. The Bertz CT molecular complexity index is 651. The summed E-state index contributed by atoms with van der Waals surface area (Å²) >= 11 is 1.70. The Morgan fingerprint density at radius 3 is 3.09 bits per heavy atom. The summed E-state index contributed by atoms with van der Waals surface area (Å²) in [5.74, 6) is -0.486. The molecule has 1 aliphatic rings. The number of primary amides is 1. The molecule has 1 saturated heterocycles. The van der Waals surface area contributed by atoms with Gasteiger partial charge in [-0.1, -0.05) is 0 Å². The van der Waals surface area contributed by atoms with Crippen LogP contribution >= 0.6 is 11.3 Å². The van der Waals surface area contributed by atoms with Crippen LogP contribution in [0, 0.1) is 6.92 Å². The van der Waals surface area contributed by atoms with E-state index in [0.29, 0.717) is 0 Å². The number of nitrogens with two attached hydrogens (primary N) is 1. The third-order valence-electron chi connectivity index (χ3n) is 3.93. The van der Waals surface area contributed by atoms with Crippen molar-refractivity contribution in [2.45, 2.75) is 32.2 Å². The van der Waals surface area contributed by atoms with Gasteiger partial charge in [0.05, 0.1) is 16.7 Å². The average molecular weight is 320 g/mol. The van der Waals surface area contributed by atoms with E-state index >= 15 is 0 Å². The minimum Gasteiger partial charge on any atom is -0.363 e. The second-order valence-electron chi connectivity index (χ2n) is 5.62. The number of rotatable bonds is 5. The number of aryl methyl sites for hydroxylation is 1. The SMILES string of the molecule is Cc1nc(CCN2CCC[C@H](n3cnc(C(N)=O)n3)C2)cs1. The first kappa shape index (κ1) is 15.1. The predicted molar refractivity (Wildman–Crippen MR) is 83.8 cm³/mol. The Hall–Kier alpha value is -1.80. The van der Waals surface area contributed by atoms with Crippen LogP contribution in [0.3, 0.4) is 0 Å². The Balaban J connectivity index is 1.57. The molecule has 1 fully saturated rings. The monoisotopic (exact) mass is 320 g/mol. The first-order valence-electron chi connectivity index (χ1n) is 7.46. The lowest BCUT2D eigenvalue weighted by Gasteiger charge is -2.32. The molecule has 3 heterocycles. The number of thiazole rings is 1. The van der Waals surface area contributed by atoms with Gasteiger partial charge in [0.1, 0.15) is 6.33 Å². The zero-order valence-electron chi connectivity index (χ0n) is 12.6. The summed E-state index contributed by atoms with van der Waals surface area (Å²) in [6.07, 6.45) is 4.75. The summed E-state index contributed by atoms with van der Waals surface area (Å²) in [7, 11) is 0. The number of aromatic nitrogens is 4. The molecule has 22 heavy (non-hydrogen) atoms. The van der Waals surface area contributed by atoms with Crippen molar-refractivity contribution < 1.29 is 4.79 Å². The van der Waals surface area contributed by atoms with E-state index in [2.05, 4.69) is 25.3 Å². The summed E-state index contributed by atoms with van der Waals surface area (Å²) in [4.78, 5) is 22.0. The number of carbonyl (C=O) groups excluding carboxylic acids is 1. The Morgan fingerprint density at radius 1 is 1.55 bits per heavy atom. The standard InChI is InChI=1S/C14H20N6OS/c1-10-17-11(8-22-10)4-6-19-5-2-3-12(7-19)20-9-16-14(18-20)13(15)21/h8-9,12H,2-7H2,1H3,(H2,15,21)/t12-/m0/s1. The molecule has 118 valence electrons. The molecule has 0 bridgehead atoms. The zero-order chi connectivity index (χ0) is 15.5. The molecular formula is C14H20N6OS. The van der Waals surface area contributed by atoms with Crippen molar-refractivity contribution in [3.05, 3.63) is 28.2 Å². The molecule has 0 radical (unpaired) electrons. The van der Waals surface area contributed by atoms with Gasteiger partial charge in [-0.3, -0.25) is 4.79 Å². The van der Waals surface area contributed by atoms with Gasteiger partial charge in [0.2, 0.25) is 5.82 Å². The van der Waals surface area contributed by atoms with E-state index in [0.717, 1.165) is 43.9 Å². The molecule has 0 aliphatic carbocycles. The van der Waals surface area contributed by atoms with Gasteiger partial charge >= 0.3 is 0 Å². The van der Waals surface area contributed by atoms with E-state index < -0.39 is 5.91 Å². The van der Waals surface area contributed by atoms with E-state index in [-0.39, 0.29) is 11.9 Å². The number of piperidine rings is 1. The van der Waals surface area contributed by atoms with Crippen LogP contribution in [0.1, 0.15) is 40.2 Å². The predicted octanol–water partition coefficient (Wildman–Crippen LogP) is 1.02. The van der Waals surface area contributed by atoms with Crippen LogP contribution < -0.4 is 5.73 Å². The molecule has 7 nitrogen and oxygen atoms in total. The number of amides is 1. The van der Waals surface area contributed by atoms with E-state index in [1.807, 2.05) is 6.92 Å². The molecule has 1 amide bonds. The fraction of sp³-hybridized carbons (Fsp3) is 0.571. The Kier molecular flexibility index (Phi) is 4.49. The fourth-order valence-electron chi connectivity index (χ4n) is 2.81. The van der Waals surface area contributed by atoms with Crippen molar-refractivity contribution in [3.63, 3.8) is 0 Å². The molecule has 2 aromatic heterocycles. The van der Waals surface area contributed by atoms with Gasteiger partial charge in [0.25, 0.3) is 5.91 Å². The van der Waals surface area contributed by atoms with Crippen molar-refractivity contribution in [1.82, 2.24) is 24.6 Å². The Labute approximate surface area is 133 Å². The minimum absolute atomic E-state index is 0.0927. The first-order chi connectivity index (χ1) is 10.6. The van der Waals surface area contributed by atoms with Crippen LogP contribution in [0.5, 0.6) is 0 Å². The second kappa shape index (κ2) is 6.53. The molecular weight excluding hydrogens is 300 g/mol. The fourth-order valence-corrected chi connectivity index (χ4v) is 3.46. The summed E-state index contributed by atoms with van der Waals surface area (Å²) < 4.78 is 1.78. The van der Waals surface area contributed by atoms with Crippen LogP contribution in [-0.2, 0) is 6.42 Å². The smallest absolute Gasteiger partial charge is 0.288 e. The molecule has 0 saturated carbocycles. The van der Waals surface area contributed by atoms with Gasteiger partial charge in [-0.2, -0.15) is 0 Å². The topological polar surface area (TPSA) is 89.9 Å². The number of hydrogen-bond acceptors (Lipinski definition) is 6. The third-order valence-corrected chi connectivity index (χ3v) is 4.76. The van der Waals surface area contributed by atoms with Gasteiger partial charge in [0.15, 0.2) is 0 Å². The van der Waals surface area contributed by atoms with Gasteiger partial charge < -0.3 is 10.6 Å². The average Bonchev–Trinajstić information content (AvgIpc) is 3.14. The number of nitrogens with zero attached hydrogens (tertiary/aromatic N) is 5. The summed E-state index contributed by atoms with van der Waals surface area (Å²) in [6, 6.07) is 0.256. The van der Waals surface area contributed by atoms with Gasteiger partial charge in [-0.25, -0.2) is 14.6 Å². The quantitative estimate of drug-likeness (QED) is 0.888. The molecule has 0 spiro atoms. The summed E-state index contributed by atoms with van der Waals surface area (Å²) in [5.41, 5.74) is 6.37. The molecule has 2 N–H and O–H groups in total. The Morgan fingerprint density at radius 2 is 2.41 bits per heavy atom. The summed E-state index contributed by atoms with van der Waals surface area (Å²) in [6.45, 7) is 5.05. The normalized spacial score (nSPS) is 19.4. The van der Waals surface area contributed by atoms with Gasteiger partial charge in [-0.15, -0.1) is 16.4 Å². The molecule has 1 aliphatic heterocycles. The third kappa shape index (κ3) is 3.50. The van der Waals surface area contributed by atoms with Crippen molar-refractivity contribution in [2.24, 2.45) is 5.73 Å². The lowest BCUT2D eigenvalue weighted by atomic mass is 10.1. The van der Waals surface area contributed by atoms with Crippen molar-refractivity contribution in [2.75, 3.05) is 19.6 Å². The van der Waals surface area contributed by atoms with E-state index in [1.165, 1.54) is 5.69 Å². The highest BCUT2D eigenvalue weighted by atomic mass is 32.1. The van der Waals surface area contributed by atoms with Gasteiger partial charge in [-0.05, 0) is 26.3 Å². The van der Waals surface area contributed by atoms with Crippen LogP contribution in [0.4, 0.5) is 0 Å². The number of hydrogen-bond donors (Lipinski definition) is 1. The zero-order valence-corrected chi connectivity index (χ0v) is 13.4. The molecule has 2 aromatic rings. The largest absolute Gasteiger partial charge is 0.363 e. The highest BCUT2D eigenvalue weighted by Gasteiger charge is 2.23. The number of likely N-dealkylation sites (tertiary alicyclic amines) is 1. The van der Waals surface area contributed by atoms with Crippen molar-refractivity contribution >= 4 is 17.2 Å². The maximum Gasteiger partial charge on any atom is 0.288 e. The highest BCUT2D eigenvalue weighted by Crippen LogP contribution is 2.21. The van der Waals surface area contributed by atoms with E-state index in [1.54, 1.807) is 22.3 Å². The van der Waals surface area contributed by atoms with E-state index in [9.17, 15) is 4.79 Å². The molecule has 3 rings (SSSR count). The lowest BCUT2D eigenvalue weighted by Crippen LogP contribution is -2.38. The molecule has 1 atom stereocenters. The highest BCUT2D eigenvalue weighted by molar-refractivity contribution is 7.09. The van der Waals surface area contributed by atoms with Crippen LogP contribution in [-0.4, -0.2) is 50.2 Å². The first-order valence-corrected chi connectivity index (χ1v) is 8.34. The van der Waals surface area contributed by atoms with Crippen LogP contribution in [0.25, 0.3) is 0 Å². The maximum atomic E-state index is 11.1. The molecule has 0 unspecified atom stereocenters. The van der Waals surface area contributed by atoms with Crippen molar-refractivity contribution in [3.8, 4) is 0 Å². The lowest BCUT2D eigenvalue weighted by molar-refractivity contribution is 0.0989.